The van der Waals surface area contributed by atoms with E-state index in [9.17, 15) is 4.79 Å². The number of pyridine rings is 1. The van der Waals surface area contributed by atoms with Crippen molar-refractivity contribution in [2.24, 2.45) is 0 Å². The number of hydrogen-bond acceptors (Lipinski definition) is 6. The van der Waals surface area contributed by atoms with E-state index < -0.39 is 0 Å². The second-order valence-corrected chi connectivity index (χ2v) is 10.6. The largest absolute Gasteiger partial charge is 0.484 e. The van der Waals surface area contributed by atoms with Crippen LogP contribution in [0, 0.1) is 0 Å². The van der Waals surface area contributed by atoms with E-state index in [1.165, 1.54) is 19.3 Å². The van der Waals surface area contributed by atoms with Crippen molar-refractivity contribution in [2.45, 2.75) is 57.0 Å². The van der Waals surface area contributed by atoms with Gasteiger partial charge in [-0.25, -0.2) is 9.97 Å². The van der Waals surface area contributed by atoms with E-state index in [1.54, 1.807) is 0 Å². The molecule has 2 fully saturated rings. The van der Waals surface area contributed by atoms with Gasteiger partial charge in [-0.1, -0.05) is 19.3 Å². The number of imidazole rings is 1. The Morgan fingerprint density at radius 3 is 2.60 bits per heavy atom. The number of anilines is 1. The Bertz CT molecular complexity index is 1150. The molecule has 5 rings (SSSR count). The number of aromatic amines is 1. The third-order valence-corrected chi connectivity index (χ3v) is 7.60. The molecular formula is C26H33BrN6O2. The molecule has 0 radical (unpaired) electrons. The van der Waals surface area contributed by atoms with Crippen LogP contribution in [0.25, 0.3) is 22.6 Å². The number of piperidine rings is 1. The molecule has 1 aromatic carbocycles. The van der Waals surface area contributed by atoms with Gasteiger partial charge in [0.1, 0.15) is 17.1 Å². The van der Waals surface area contributed by atoms with Crippen LogP contribution in [0.2, 0.25) is 0 Å². The fraction of sp³-hybridized carbons (Fsp3) is 0.500. The topological polar surface area (TPSA) is 95.2 Å². The van der Waals surface area contributed by atoms with Crippen molar-refractivity contribution in [2.75, 3.05) is 32.1 Å². The lowest BCUT2D eigenvalue weighted by molar-refractivity contribution is -0.124. The van der Waals surface area contributed by atoms with Crippen LogP contribution in [0.1, 0.15) is 44.9 Å². The summed E-state index contributed by atoms with van der Waals surface area (Å²) in [6.45, 7) is 2.21. The Hall–Kier alpha value is -2.65. The predicted octanol–water partition coefficient (Wildman–Crippen LogP) is 4.72. The summed E-state index contributed by atoms with van der Waals surface area (Å²) in [5.74, 6) is 1.35. The monoisotopic (exact) mass is 540 g/mol. The van der Waals surface area contributed by atoms with E-state index in [-0.39, 0.29) is 12.5 Å². The molecule has 0 spiro atoms. The summed E-state index contributed by atoms with van der Waals surface area (Å²) >= 11 is 3.65. The van der Waals surface area contributed by atoms with E-state index in [2.05, 4.69) is 48.5 Å². The fourth-order valence-corrected chi connectivity index (χ4v) is 5.34. The normalized spacial score (nSPS) is 18.0. The van der Waals surface area contributed by atoms with Gasteiger partial charge in [0, 0.05) is 23.8 Å². The molecule has 0 atom stereocenters. The molecule has 0 unspecified atom stereocenters. The lowest BCUT2D eigenvalue weighted by atomic mass is 9.95. The van der Waals surface area contributed by atoms with E-state index in [4.69, 9.17) is 9.72 Å². The molecule has 3 aromatic rings. The summed E-state index contributed by atoms with van der Waals surface area (Å²) in [4.78, 5) is 27.3. The Morgan fingerprint density at radius 2 is 1.86 bits per heavy atom. The Morgan fingerprint density at radius 1 is 1.11 bits per heavy atom. The zero-order chi connectivity index (χ0) is 24.2. The molecule has 2 aliphatic rings. The summed E-state index contributed by atoms with van der Waals surface area (Å²) in [5.41, 5.74) is 3.49. The number of halogens is 1. The quantitative estimate of drug-likeness (QED) is 0.401. The van der Waals surface area contributed by atoms with Crippen molar-refractivity contribution in [3.8, 4) is 17.1 Å². The molecule has 1 saturated carbocycles. The second kappa shape index (κ2) is 11.0. The van der Waals surface area contributed by atoms with Crippen molar-refractivity contribution in [1.82, 2.24) is 25.2 Å². The maximum atomic E-state index is 12.2. The van der Waals surface area contributed by atoms with Crippen LogP contribution in [-0.2, 0) is 4.79 Å². The van der Waals surface area contributed by atoms with E-state index >= 15 is 0 Å². The highest BCUT2D eigenvalue weighted by atomic mass is 79.9. The van der Waals surface area contributed by atoms with Gasteiger partial charge in [0.25, 0.3) is 5.91 Å². The molecule has 1 saturated heterocycles. The van der Waals surface area contributed by atoms with E-state index in [1.807, 2.05) is 30.5 Å². The molecule has 35 heavy (non-hydrogen) atoms. The third-order valence-electron chi connectivity index (χ3n) is 7.00. The smallest absolute Gasteiger partial charge is 0.258 e. The summed E-state index contributed by atoms with van der Waals surface area (Å²) in [6.07, 6.45) is 9.81. The predicted molar refractivity (Wildman–Crippen MR) is 142 cm³/mol. The molecule has 1 aliphatic carbocycles. The first-order chi connectivity index (χ1) is 17.0. The summed E-state index contributed by atoms with van der Waals surface area (Å²) < 4.78 is 6.63. The van der Waals surface area contributed by atoms with Crippen LogP contribution in [0.5, 0.6) is 5.75 Å². The SMILES string of the molecule is CN1CCC(Nc2c(Br)cnc3[nH]c(-c4ccc(OCC(=O)NC5CCCCC5)cc4)nc23)CC1. The highest BCUT2D eigenvalue weighted by Crippen LogP contribution is 2.32. The van der Waals surface area contributed by atoms with Crippen molar-refractivity contribution in [1.29, 1.82) is 0 Å². The van der Waals surface area contributed by atoms with Gasteiger partial charge in [0.15, 0.2) is 12.3 Å². The van der Waals surface area contributed by atoms with Gasteiger partial charge in [0.2, 0.25) is 0 Å². The first kappa shape index (κ1) is 24.1. The molecule has 186 valence electrons. The number of H-pyrrole nitrogens is 1. The van der Waals surface area contributed by atoms with Crippen LogP contribution < -0.4 is 15.4 Å². The van der Waals surface area contributed by atoms with Gasteiger partial charge >= 0.3 is 0 Å². The number of nitrogens with zero attached hydrogens (tertiary/aromatic N) is 3. The van der Waals surface area contributed by atoms with E-state index in [0.717, 1.165) is 71.5 Å². The number of rotatable bonds is 7. The summed E-state index contributed by atoms with van der Waals surface area (Å²) in [6, 6.07) is 8.36. The fourth-order valence-electron chi connectivity index (χ4n) is 4.94. The highest BCUT2D eigenvalue weighted by Gasteiger charge is 2.20. The number of fused-ring (bicyclic) bond motifs is 1. The molecule has 2 aromatic heterocycles. The summed E-state index contributed by atoms with van der Waals surface area (Å²) in [5, 5.41) is 6.77. The van der Waals surface area contributed by atoms with Crippen LogP contribution in [0.15, 0.2) is 34.9 Å². The average Bonchev–Trinajstić information content (AvgIpc) is 3.31. The average molecular weight is 541 g/mol. The lowest BCUT2D eigenvalue weighted by Gasteiger charge is -2.30. The molecule has 8 nitrogen and oxygen atoms in total. The number of carbonyl (C=O) groups is 1. The van der Waals surface area contributed by atoms with Crippen LogP contribution in [0.4, 0.5) is 5.69 Å². The zero-order valence-electron chi connectivity index (χ0n) is 20.1. The van der Waals surface area contributed by atoms with Crippen LogP contribution >= 0.6 is 15.9 Å². The van der Waals surface area contributed by atoms with Crippen LogP contribution in [-0.4, -0.2) is 64.6 Å². The van der Waals surface area contributed by atoms with Crippen LogP contribution in [0.3, 0.4) is 0 Å². The highest BCUT2D eigenvalue weighted by molar-refractivity contribution is 9.10. The number of benzene rings is 1. The number of carbonyl (C=O) groups excluding carboxylic acids is 1. The molecule has 9 heteroatoms. The van der Waals surface area contributed by atoms with Crippen molar-refractivity contribution >= 4 is 38.7 Å². The standard InChI is InChI=1S/C26H33BrN6O2/c1-33-13-11-19(12-14-33)30-23-21(27)15-28-26-24(23)31-25(32-26)17-7-9-20(10-8-17)35-16-22(34)29-18-5-3-2-4-6-18/h7-10,15,18-19H,2-6,11-14,16H2,1H3,(H,29,34)(H2,28,30,31,32). The Labute approximate surface area is 214 Å². The Balaban J connectivity index is 1.24. The van der Waals surface area contributed by atoms with E-state index in [0.29, 0.717) is 17.8 Å². The Kier molecular flexibility index (Phi) is 7.53. The van der Waals surface area contributed by atoms with Gasteiger partial charge in [-0.15, -0.1) is 0 Å². The second-order valence-electron chi connectivity index (χ2n) is 9.70. The third kappa shape index (κ3) is 5.95. The minimum atomic E-state index is -0.0560. The van der Waals surface area contributed by atoms with Gasteiger partial charge < -0.3 is 25.3 Å². The molecular weight excluding hydrogens is 508 g/mol. The molecule has 1 amide bonds. The number of ether oxygens (including phenoxy) is 1. The number of likely N-dealkylation sites (tertiary alicyclic amines) is 1. The summed E-state index contributed by atoms with van der Waals surface area (Å²) in [7, 11) is 2.17. The maximum absolute atomic E-state index is 12.2. The molecule has 1 aliphatic heterocycles. The van der Waals surface area contributed by atoms with Crippen molar-refractivity contribution in [3.63, 3.8) is 0 Å². The van der Waals surface area contributed by atoms with Gasteiger partial charge in [-0.3, -0.25) is 4.79 Å². The lowest BCUT2D eigenvalue weighted by Crippen LogP contribution is -2.38. The zero-order valence-corrected chi connectivity index (χ0v) is 21.7. The molecule has 3 N–H and O–H groups in total. The van der Waals surface area contributed by atoms with Gasteiger partial charge in [-0.2, -0.15) is 0 Å². The van der Waals surface area contributed by atoms with Gasteiger partial charge in [0.05, 0.1) is 10.2 Å². The van der Waals surface area contributed by atoms with Crippen molar-refractivity contribution < 1.29 is 9.53 Å². The first-order valence-electron chi connectivity index (χ1n) is 12.6. The van der Waals surface area contributed by atoms with Gasteiger partial charge in [-0.05, 0) is 86.0 Å². The van der Waals surface area contributed by atoms with Crippen molar-refractivity contribution in [3.05, 3.63) is 34.9 Å². The maximum Gasteiger partial charge on any atom is 0.258 e. The molecule has 3 heterocycles. The minimum Gasteiger partial charge on any atom is -0.484 e. The minimum absolute atomic E-state index is 0.0322. The first-order valence-corrected chi connectivity index (χ1v) is 13.4. The number of hydrogen-bond donors (Lipinski definition) is 3. The molecule has 0 bridgehead atoms. The number of aromatic nitrogens is 3. The number of amides is 1. The number of nitrogens with one attached hydrogen (secondary N) is 3.